The van der Waals surface area contributed by atoms with E-state index in [2.05, 4.69) is 0 Å². The molecule has 0 radical (unpaired) electrons. The van der Waals surface area contributed by atoms with Crippen LogP contribution >= 0.6 is 0 Å². The fraction of sp³-hybridized carbons (Fsp3) is 0.333. The van der Waals surface area contributed by atoms with Crippen molar-refractivity contribution in [2.45, 2.75) is 13.2 Å². The highest BCUT2D eigenvalue weighted by Crippen LogP contribution is 2.37. The molecule has 0 aliphatic carbocycles. The van der Waals surface area contributed by atoms with Crippen molar-refractivity contribution in [2.75, 3.05) is 12.3 Å². The summed E-state index contributed by atoms with van der Waals surface area (Å²) in [5.74, 6) is 1.24. The van der Waals surface area contributed by atoms with E-state index in [0.29, 0.717) is 23.8 Å². The van der Waals surface area contributed by atoms with Gasteiger partial charge in [-0.15, -0.1) is 0 Å². The van der Waals surface area contributed by atoms with E-state index in [-0.39, 0.29) is 0 Å². The molecule has 0 saturated heterocycles. The maximum absolute atomic E-state index is 5.74. The Bertz CT molecular complexity index is 339. The smallest absolute Gasteiger partial charge is 0.186 e. The Balaban J connectivity index is 2.47. The maximum atomic E-state index is 5.74. The van der Waals surface area contributed by atoms with Crippen molar-refractivity contribution in [1.82, 2.24) is 0 Å². The zero-order valence-electron chi connectivity index (χ0n) is 7.41. The zero-order valence-corrected chi connectivity index (χ0v) is 7.41. The third kappa shape index (κ3) is 1.40. The fourth-order valence-electron chi connectivity index (χ4n) is 1.36. The molecule has 70 valence electrons. The van der Waals surface area contributed by atoms with Gasteiger partial charge in [-0.3, -0.25) is 5.73 Å². The van der Waals surface area contributed by atoms with Gasteiger partial charge < -0.3 is 15.2 Å². The summed E-state index contributed by atoms with van der Waals surface area (Å²) in [6, 6.07) is 3.72. The highest BCUT2D eigenvalue weighted by molar-refractivity contribution is 5.62. The van der Waals surface area contributed by atoms with Gasteiger partial charge in [0.2, 0.25) is 0 Å². The molecule has 1 heterocycles. The summed E-state index contributed by atoms with van der Waals surface area (Å²) in [5.41, 5.74) is 12.9. The lowest BCUT2D eigenvalue weighted by Gasteiger charge is -2.24. The van der Waals surface area contributed by atoms with Crippen LogP contribution in [0.15, 0.2) is 12.1 Å². The SMILES string of the molecule is Cc1cc(N)c2c(c1)OCC(N)O2. The summed E-state index contributed by atoms with van der Waals surface area (Å²) >= 11 is 0. The minimum atomic E-state index is -0.419. The average molecular weight is 180 g/mol. The van der Waals surface area contributed by atoms with Crippen molar-refractivity contribution in [3.05, 3.63) is 17.7 Å². The van der Waals surface area contributed by atoms with E-state index in [1.807, 2.05) is 19.1 Å². The van der Waals surface area contributed by atoms with Crippen molar-refractivity contribution in [3.63, 3.8) is 0 Å². The molecule has 0 aromatic heterocycles. The number of benzene rings is 1. The van der Waals surface area contributed by atoms with E-state index in [4.69, 9.17) is 20.9 Å². The lowest BCUT2D eigenvalue weighted by atomic mass is 10.2. The monoisotopic (exact) mass is 180 g/mol. The summed E-state index contributed by atoms with van der Waals surface area (Å²) in [7, 11) is 0. The molecule has 1 aromatic rings. The molecule has 4 N–H and O–H groups in total. The summed E-state index contributed by atoms with van der Waals surface area (Å²) in [4.78, 5) is 0. The Labute approximate surface area is 76.4 Å². The van der Waals surface area contributed by atoms with Crippen molar-refractivity contribution in [2.24, 2.45) is 5.73 Å². The van der Waals surface area contributed by atoms with E-state index in [1.54, 1.807) is 0 Å². The van der Waals surface area contributed by atoms with Crippen molar-refractivity contribution >= 4 is 5.69 Å². The van der Waals surface area contributed by atoms with Crippen LogP contribution < -0.4 is 20.9 Å². The number of nitrogens with two attached hydrogens (primary N) is 2. The summed E-state index contributed by atoms with van der Waals surface area (Å²) < 4.78 is 10.7. The molecule has 0 fully saturated rings. The molecule has 0 bridgehead atoms. The Morgan fingerprint density at radius 2 is 2.23 bits per heavy atom. The highest BCUT2D eigenvalue weighted by atomic mass is 16.6. The minimum Gasteiger partial charge on any atom is -0.484 e. The van der Waals surface area contributed by atoms with Crippen LogP contribution in [0.4, 0.5) is 5.69 Å². The largest absolute Gasteiger partial charge is 0.484 e. The molecule has 2 rings (SSSR count). The van der Waals surface area contributed by atoms with Gasteiger partial charge in [0.15, 0.2) is 17.7 Å². The van der Waals surface area contributed by atoms with Crippen LogP contribution in [0.3, 0.4) is 0 Å². The number of fused-ring (bicyclic) bond motifs is 1. The average Bonchev–Trinajstić information content (AvgIpc) is 2.06. The standard InChI is InChI=1S/C9H12N2O2/c1-5-2-6(10)9-7(3-5)12-4-8(11)13-9/h2-3,8H,4,10-11H2,1H3. The van der Waals surface area contributed by atoms with Crippen LogP contribution in [-0.4, -0.2) is 12.8 Å². The molecule has 4 nitrogen and oxygen atoms in total. The molecule has 0 amide bonds. The van der Waals surface area contributed by atoms with E-state index in [9.17, 15) is 0 Å². The third-order valence-electron chi connectivity index (χ3n) is 1.90. The first-order valence-electron chi connectivity index (χ1n) is 4.12. The predicted molar refractivity (Wildman–Crippen MR) is 49.7 cm³/mol. The second-order valence-corrected chi connectivity index (χ2v) is 3.15. The number of aryl methyl sites for hydroxylation is 1. The first kappa shape index (κ1) is 8.19. The van der Waals surface area contributed by atoms with Gasteiger partial charge in [-0.2, -0.15) is 0 Å². The number of nitrogen functional groups attached to an aromatic ring is 1. The van der Waals surface area contributed by atoms with Crippen LogP contribution in [0.5, 0.6) is 11.5 Å². The molecular weight excluding hydrogens is 168 g/mol. The second kappa shape index (κ2) is 2.81. The van der Waals surface area contributed by atoms with Gasteiger partial charge in [0.05, 0.1) is 5.69 Å². The number of hydrogen-bond donors (Lipinski definition) is 2. The molecule has 1 atom stereocenters. The molecular formula is C9H12N2O2. The summed E-state index contributed by atoms with van der Waals surface area (Å²) in [6.07, 6.45) is -0.419. The van der Waals surface area contributed by atoms with Crippen molar-refractivity contribution in [3.8, 4) is 11.5 Å². The van der Waals surface area contributed by atoms with Crippen molar-refractivity contribution < 1.29 is 9.47 Å². The molecule has 1 aliphatic rings. The summed E-state index contributed by atoms with van der Waals surface area (Å²) in [5, 5.41) is 0. The van der Waals surface area contributed by atoms with Gasteiger partial charge in [-0.1, -0.05) is 0 Å². The van der Waals surface area contributed by atoms with Gasteiger partial charge in [0, 0.05) is 0 Å². The Kier molecular flexibility index (Phi) is 1.77. The number of hydrogen-bond acceptors (Lipinski definition) is 4. The highest BCUT2D eigenvalue weighted by Gasteiger charge is 2.20. The minimum absolute atomic E-state index is 0.371. The van der Waals surface area contributed by atoms with E-state index < -0.39 is 6.23 Å². The second-order valence-electron chi connectivity index (χ2n) is 3.15. The van der Waals surface area contributed by atoms with Gasteiger partial charge in [-0.25, -0.2) is 0 Å². The Morgan fingerprint density at radius 1 is 1.46 bits per heavy atom. The van der Waals surface area contributed by atoms with Crippen LogP contribution in [-0.2, 0) is 0 Å². The van der Waals surface area contributed by atoms with Gasteiger partial charge >= 0.3 is 0 Å². The Hall–Kier alpha value is -1.42. The zero-order chi connectivity index (χ0) is 9.42. The molecule has 1 aromatic carbocycles. The van der Waals surface area contributed by atoms with E-state index in [1.165, 1.54) is 0 Å². The van der Waals surface area contributed by atoms with Crippen LogP contribution in [0.2, 0.25) is 0 Å². The van der Waals surface area contributed by atoms with Crippen LogP contribution in [0, 0.1) is 6.92 Å². The predicted octanol–water partition coefficient (Wildman–Crippen LogP) is 0.633. The van der Waals surface area contributed by atoms with Crippen LogP contribution in [0.1, 0.15) is 5.56 Å². The number of rotatable bonds is 0. The molecule has 1 aliphatic heterocycles. The lowest BCUT2D eigenvalue weighted by molar-refractivity contribution is 0.0967. The van der Waals surface area contributed by atoms with Gasteiger partial charge in [0.1, 0.15) is 6.61 Å². The molecule has 1 unspecified atom stereocenters. The number of anilines is 1. The maximum Gasteiger partial charge on any atom is 0.186 e. The molecule has 13 heavy (non-hydrogen) atoms. The van der Waals surface area contributed by atoms with Gasteiger partial charge in [-0.05, 0) is 24.6 Å². The fourth-order valence-corrected chi connectivity index (χ4v) is 1.36. The molecule has 4 heteroatoms. The van der Waals surface area contributed by atoms with E-state index >= 15 is 0 Å². The Morgan fingerprint density at radius 3 is 3.00 bits per heavy atom. The third-order valence-corrected chi connectivity index (χ3v) is 1.90. The lowest BCUT2D eigenvalue weighted by Crippen LogP contribution is -2.37. The molecule has 0 spiro atoms. The quantitative estimate of drug-likeness (QED) is 0.574. The normalized spacial score (nSPS) is 20.0. The first-order chi connectivity index (χ1) is 6.16. The van der Waals surface area contributed by atoms with Crippen molar-refractivity contribution in [1.29, 1.82) is 0 Å². The number of ether oxygens (including phenoxy) is 2. The van der Waals surface area contributed by atoms with Crippen LogP contribution in [0.25, 0.3) is 0 Å². The van der Waals surface area contributed by atoms with E-state index in [0.717, 1.165) is 5.56 Å². The topological polar surface area (TPSA) is 70.5 Å². The summed E-state index contributed by atoms with van der Waals surface area (Å²) in [6.45, 7) is 2.32. The first-order valence-corrected chi connectivity index (χ1v) is 4.12. The van der Waals surface area contributed by atoms with Gasteiger partial charge in [0.25, 0.3) is 0 Å². The molecule has 0 saturated carbocycles.